The van der Waals surface area contributed by atoms with Crippen molar-refractivity contribution in [1.82, 2.24) is 0 Å². The summed E-state index contributed by atoms with van der Waals surface area (Å²) in [6.45, 7) is 0. The van der Waals surface area contributed by atoms with Gasteiger partial charge in [-0.2, -0.15) is 0 Å². The molecule has 0 radical (unpaired) electrons. The maximum Gasteiger partial charge on any atom is 0.304 e. The van der Waals surface area contributed by atoms with Crippen molar-refractivity contribution in [1.29, 1.82) is 0 Å². The van der Waals surface area contributed by atoms with Crippen molar-refractivity contribution in [3.8, 4) is 11.5 Å². The monoisotopic (exact) mass is 339 g/mol. The summed E-state index contributed by atoms with van der Waals surface area (Å²) in [5.41, 5.74) is 0.365. The molecule has 1 N–H and O–H groups in total. The molecule has 0 saturated carbocycles. The lowest BCUT2D eigenvalue weighted by atomic mass is 10.2. The molecule has 1 aliphatic rings. The summed E-state index contributed by atoms with van der Waals surface area (Å²) < 4.78 is 10.3. The number of carboxylic acid groups (broad SMARTS) is 1. The molecule has 1 aliphatic heterocycles. The van der Waals surface area contributed by atoms with Crippen LogP contribution in [0.25, 0.3) is 0 Å². The number of nitrogens with zero attached hydrogens (tertiary/aromatic N) is 1. The molecule has 0 bridgehead atoms. The fraction of sp³-hybridized carbons (Fsp3) is 0.400. The Morgan fingerprint density at radius 1 is 1.35 bits per heavy atom. The number of anilines is 1. The van der Waals surface area contributed by atoms with E-state index in [0.717, 1.165) is 4.90 Å². The van der Waals surface area contributed by atoms with Crippen LogP contribution in [0.4, 0.5) is 5.69 Å². The van der Waals surface area contributed by atoms with Crippen LogP contribution in [-0.2, 0) is 14.4 Å². The van der Waals surface area contributed by atoms with Crippen LogP contribution >= 0.6 is 11.8 Å². The lowest BCUT2D eigenvalue weighted by Gasteiger charge is -2.18. The first-order valence-corrected chi connectivity index (χ1v) is 7.95. The van der Waals surface area contributed by atoms with Gasteiger partial charge in [-0.05, 0) is 12.1 Å². The number of thioether (sulfide) groups is 1. The van der Waals surface area contributed by atoms with Crippen molar-refractivity contribution in [2.24, 2.45) is 0 Å². The topological polar surface area (TPSA) is 93.1 Å². The number of ether oxygens (including phenoxy) is 2. The molecule has 7 nitrogen and oxygen atoms in total. The zero-order valence-electron chi connectivity index (χ0n) is 12.8. The first-order chi connectivity index (χ1) is 11.0. The van der Waals surface area contributed by atoms with E-state index in [0.29, 0.717) is 17.2 Å². The van der Waals surface area contributed by atoms with E-state index in [4.69, 9.17) is 14.6 Å². The third kappa shape index (κ3) is 3.76. The van der Waals surface area contributed by atoms with Crippen molar-refractivity contribution in [3.05, 3.63) is 18.2 Å². The fourth-order valence-corrected chi connectivity index (χ4v) is 3.33. The molecule has 1 atom stereocenters. The van der Waals surface area contributed by atoms with Gasteiger partial charge >= 0.3 is 5.97 Å². The summed E-state index contributed by atoms with van der Waals surface area (Å²) in [6.07, 6.45) is 0.00674. The molecule has 1 aromatic rings. The summed E-state index contributed by atoms with van der Waals surface area (Å²) in [7, 11) is 2.96. The number of methoxy groups -OCH3 is 2. The molecular formula is C15H17NO6S. The molecule has 8 heteroatoms. The van der Waals surface area contributed by atoms with Gasteiger partial charge in [-0.1, -0.05) is 0 Å². The van der Waals surface area contributed by atoms with Crippen LogP contribution < -0.4 is 14.4 Å². The quantitative estimate of drug-likeness (QED) is 0.753. The largest absolute Gasteiger partial charge is 0.497 e. The predicted octanol–water partition coefficient (Wildman–Crippen LogP) is 1.54. The van der Waals surface area contributed by atoms with Gasteiger partial charge in [-0.3, -0.25) is 14.4 Å². The number of aliphatic carboxylic acids is 1. The Balaban J connectivity index is 2.18. The highest BCUT2D eigenvalue weighted by molar-refractivity contribution is 8.00. The summed E-state index contributed by atoms with van der Waals surface area (Å²) >= 11 is 1.19. The standard InChI is InChI=1S/C15H17NO6S/c1-21-9-3-4-10(11(7-9)22-2)16-13(17)8-12(15(16)20)23-6-5-14(18)19/h3-4,7,12H,5-6,8H2,1-2H3,(H,18,19). The van der Waals surface area contributed by atoms with Gasteiger partial charge in [0.15, 0.2) is 0 Å². The zero-order chi connectivity index (χ0) is 17.0. The van der Waals surface area contributed by atoms with E-state index in [9.17, 15) is 14.4 Å². The smallest absolute Gasteiger partial charge is 0.304 e. The lowest BCUT2D eigenvalue weighted by molar-refractivity contribution is -0.136. The minimum absolute atomic E-state index is 0.0471. The van der Waals surface area contributed by atoms with Crippen molar-refractivity contribution < 1.29 is 29.0 Å². The van der Waals surface area contributed by atoms with Crippen molar-refractivity contribution in [3.63, 3.8) is 0 Å². The second-order valence-electron chi connectivity index (χ2n) is 4.81. The number of benzene rings is 1. The summed E-state index contributed by atoms with van der Waals surface area (Å²) in [4.78, 5) is 36.3. The molecule has 1 heterocycles. The molecule has 0 aliphatic carbocycles. The molecule has 1 fully saturated rings. The minimum atomic E-state index is -0.928. The fourth-order valence-electron chi connectivity index (χ4n) is 2.25. The number of hydrogen-bond donors (Lipinski definition) is 1. The average molecular weight is 339 g/mol. The number of carbonyl (C=O) groups is 3. The Bertz CT molecular complexity index is 632. The third-order valence-electron chi connectivity index (χ3n) is 3.37. The number of carboxylic acids is 1. The normalized spacial score (nSPS) is 17.5. The van der Waals surface area contributed by atoms with Gasteiger partial charge in [-0.15, -0.1) is 11.8 Å². The summed E-state index contributed by atoms with van der Waals surface area (Å²) in [5, 5.41) is 8.09. The maximum absolute atomic E-state index is 12.5. The Kier molecular flexibility index (Phi) is 5.49. The minimum Gasteiger partial charge on any atom is -0.497 e. The second-order valence-corrected chi connectivity index (χ2v) is 6.12. The van der Waals surface area contributed by atoms with Gasteiger partial charge in [0.05, 0.1) is 31.6 Å². The highest BCUT2D eigenvalue weighted by Crippen LogP contribution is 2.37. The van der Waals surface area contributed by atoms with Crippen LogP contribution in [-0.4, -0.2) is 48.1 Å². The Morgan fingerprint density at radius 3 is 2.70 bits per heavy atom. The van der Waals surface area contributed by atoms with Crippen molar-refractivity contribution in [2.75, 3.05) is 24.9 Å². The predicted molar refractivity (Wildman–Crippen MR) is 85.2 cm³/mol. The molecule has 1 saturated heterocycles. The van der Waals surface area contributed by atoms with E-state index >= 15 is 0 Å². The van der Waals surface area contributed by atoms with E-state index in [1.807, 2.05) is 0 Å². The molecule has 2 rings (SSSR count). The van der Waals surface area contributed by atoms with Crippen LogP contribution in [0.5, 0.6) is 11.5 Å². The second kappa shape index (κ2) is 7.36. The van der Waals surface area contributed by atoms with Crippen LogP contribution in [0, 0.1) is 0 Å². The molecule has 1 unspecified atom stereocenters. The molecule has 124 valence electrons. The van der Waals surface area contributed by atoms with Crippen molar-refractivity contribution in [2.45, 2.75) is 18.1 Å². The van der Waals surface area contributed by atoms with Gasteiger partial charge in [-0.25, -0.2) is 4.90 Å². The maximum atomic E-state index is 12.5. The first kappa shape index (κ1) is 17.1. The highest BCUT2D eigenvalue weighted by Gasteiger charge is 2.40. The average Bonchev–Trinajstić information content (AvgIpc) is 2.80. The van der Waals surface area contributed by atoms with Crippen LogP contribution in [0.2, 0.25) is 0 Å². The van der Waals surface area contributed by atoms with Crippen LogP contribution in [0.3, 0.4) is 0 Å². The number of hydrogen-bond acceptors (Lipinski definition) is 6. The van der Waals surface area contributed by atoms with Crippen molar-refractivity contribution >= 4 is 35.2 Å². The zero-order valence-corrected chi connectivity index (χ0v) is 13.6. The van der Waals surface area contributed by atoms with E-state index < -0.39 is 11.2 Å². The molecule has 1 aromatic carbocycles. The number of imide groups is 1. The summed E-state index contributed by atoms with van der Waals surface area (Å²) in [5.74, 6) is -0.408. The van der Waals surface area contributed by atoms with Gasteiger partial charge in [0.2, 0.25) is 11.8 Å². The summed E-state index contributed by atoms with van der Waals surface area (Å²) in [6, 6.07) is 4.84. The van der Waals surface area contributed by atoms with E-state index in [2.05, 4.69) is 0 Å². The number of rotatable bonds is 7. The Hall–Kier alpha value is -2.22. The van der Waals surface area contributed by atoms with E-state index in [1.54, 1.807) is 18.2 Å². The SMILES string of the molecule is COc1ccc(N2C(=O)CC(SCCC(=O)O)C2=O)c(OC)c1. The molecule has 0 spiro atoms. The molecular weight excluding hydrogens is 322 g/mol. The molecule has 23 heavy (non-hydrogen) atoms. The third-order valence-corrected chi connectivity index (χ3v) is 4.58. The van der Waals surface area contributed by atoms with Gasteiger partial charge in [0.25, 0.3) is 0 Å². The van der Waals surface area contributed by atoms with Gasteiger partial charge in [0, 0.05) is 18.2 Å². The first-order valence-electron chi connectivity index (χ1n) is 6.90. The van der Waals surface area contributed by atoms with E-state index in [-0.39, 0.29) is 30.4 Å². The highest BCUT2D eigenvalue weighted by atomic mass is 32.2. The van der Waals surface area contributed by atoms with Gasteiger partial charge < -0.3 is 14.6 Å². The van der Waals surface area contributed by atoms with E-state index in [1.165, 1.54) is 26.0 Å². The van der Waals surface area contributed by atoms with Gasteiger partial charge in [0.1, 0.15) is 11.5 Å². The Labute approximate surface area is 137 Å². The lowest BCUT2D eigenvalue weighted by Crippen LogP contribution is -2.31. The number of carbonyl (C=O) groups excluding carboxylic acids is 2. The molecule has 2 amide bonds. The Morgan fingerprint density at radius 2 is 2.09 bits per heavy atom. The van der Waals surface area contributed by atoms with Crippen LogP contribution in [0.15, 0.2) is 18.2 Å². The number of amides is 2. The van der Waals surface area contributed by atoms with Crippen LogP contribution in [0.1, 0.15) is 12.8 Å². The molecule has 0 aromatic heterocycles.